The summed E-state index contributed by atoms with van der Waals surface area (Å²) in [6, 6.07) is 0. The summed E-state index contributed by atoms with van der Waals surface area (Å²) in [7, 11) is 0. The molecule has 0 amide bonds. The highest BCUT2D eigenvalue weighted by Gasteiger charge is 2.07. The number of nitrogens with one attached hydrogen (secondary N) is 2. The summed E-state index contributed by atoms with van der Waals surface area (Å²) in [6.07, 6.45) is 0.520. The molecule has 0 spiro atoms. The second-order valence-electron chi connectivity index (χ2n) is 2.90. The number of hydrogen-bond donors (Lipinski definition) is 2. The molecular formula is C8H9ClN2O3. The molecule has 0 saturated heterocycles. The molecule has 0 unspecified atom stereocenters. The van der Waals surface area contributed by atoms with Crippen LogP contribution < -0.4 is 11.2 Å². The number of ketones is 1. The fourth-order valence-corrected chi connectivity index (χ4v) is 1.18. The first-order chi connectivity index (χ1) is 6.50. The Hall–Kier alpha value is -1.36. The average Bonchev–Trinajstić information content (AvgIpc) is 2.08. The standard InChI is InChI=1S/C8H9ClN2O3/c1-4(12)2-3-5-6(9)7(13)11-8(14)10-5/h2-3H2,1H3,(H2,10,11,13,14). The van der Waals surface area contributed by atoms with Gasteiger partial charge in [0.2, 0.25) is 0 Å². The first-order valence-corrected chi connectivity index (χ1v) is 4.39. The van der Waals surface area contributed by atoms with Crippen molar-refractivity contribution in [3.63, 3.8) is 0 Å². The third-order valence-corrected chi connectivity index (χ3v) is 2.08. The SMILES string of the molecule is CC(=O)CCc1[nH]c(=O)[nH]c(=O)c1Cl. The maximum absolute atomic E-state index is 11.0. The molecule has 1 heterocycles. The van der Waals surface area contributed by atoms with Gasteiger partial charge in [-0.25, -0.2) is 4.79 Å². The van der Waals surface area contributed by atoms with E-state index in [0.717, 1.165) is 0 Å². The normalized spacial score (nSPS) is 10.1. The fourth-order valence-electron chi connectivity index (χ4n) is 0.991. The van der Waals surface area contributed by atoms with Gasteiger partial charge in [-0.2, -0.15) is 0 Å². The molecule has 0 radical (unpaired) electrons. The Morgan fingerprint density at radius 3 is 2.57 bits per heavy atom. The Bertz CT molecular complexity index is 460. The van der Waals surface area contributed by atoms with Crippen LogP contribution in [0.4, 0.5) is 0 Å². The lowest BCUT2D eigenvalue weighted by Gasteiger charge is -2.00. The number of Topliss-reactive ketones (excluding diaryl/α,β-unsaturated/α-hetero) is 1. The van der Waals surface area contributed by atoms with Gasteiger partial charge in [0.05, 0.1) is 0 Å². The van der Waals surface area contributed by atoms with Crippen molar-refractivity contribution >= 4 is 17.4 Å². The topological polar surface area (TPSA) is 82.8 Å². The molecule has 0 atom stereocenters. The van der Waals surface area contributed by atoms with Crippen LogP contribution in [0.25, 0.3) is 0 Å². The van der Waals surface area contributed by atoms with Crippen LogP contribution in [0.1, 0.15) is 19.0 Å². The molecule has 6 heteroatoms. The van der Waals surface area contributed by atoms with Gasteiger partial charge in [-0.1, -0.05) is 11.6 Å². The fraction of sp³-hybridized carbons (Fsp3) is 0.375. The van der Waals surface area contributed by atoms with Crippen LogP contribution in [-0.4, -0.2) is 15.8 Å². The van der Waals surface area contributed by atoms with E-state index in [1.54, 1.807) is 0 Å². The van der Waals surface area contributed by atoms with Crippen molar-refractivity contribution < 1.29 is 4.79 Å². The highest BCUT2D eigenvalue weighted by molar-refractivity contribution is 6.31. The van der Waals surface area contributed by atoms with Crippen molar-refractivity contribution in [3.8, 4) is 0 Å². The zero-order chi connectivity index (χ0) is 10.7. The Kier molecular flexibility index (Phi) is 3.24. The molecule has 2 N–H and O–H groups in total. The summed E-state index contributed by atoms with van der Waals surface area (Å²) >= 11 is 5.62. The summed E-state index contributed by atoms with van der Waals surface area (Å²) in [5.74, 6) is -0.0257. The van der Waals surface area contributed by atoms with E-state index in [0.29, 0.717) is 5.69 Å². The molecule has 5 nitrogen and oxygen atoms in total. The zero-order valence-corrected chi connectivity index (χ0v) is 8.27. The van der Waals surface area contributed by atoms with E-state index < -0.39 is 11.2 Å². The smallest absolute Gasteiger partial charge is 0.310 e. The van der Waals surface area contributed by atoms with E-state index in [1.807, 2.05) is 4.98 Å². The van der Waals surface area contributed by atoms with Gasteiger partial charge in [0, 0.05) is 12.1 Å². The first-order valence-electron chi connectivity index (χ1n) is 4.01. The molecule has 1 aromatic heterocycles. The van der Waals surface area contributed by atoms with Crippen molar-refractivity contribution in [2.45, 2.75) is 19.8 Å². The first kappa shape index (κ1) is 10.7. The van der Waals surface area contributed by atoms with E-state index in [4.69, 9.17) is 11.6 Å². The van der Waals surface area contributed by atoms with Gasteiger partial charge >= 0.3 is 5.69 Å². The lowest BCUT2D eigenvalue weighted by atomic mass is 10.2. The van der Waals surface area contributed by atoms with E-state index in [9.17, 15) is 14.4 Å². The molecule has 1 aromatic rings. The van der Waals surface area contributed by atoms with Gasteiger partial charge < -0.3 is 9.78 Å². The Morgan fingerprint density at radius 2 is 2.00 bits per heavy atom. The molecule has 0 bridgehead atoms. The van der Waals surface area contributed by atoms with Gasteiger partial charge in [-0.15, -0.1) is 0 Å². The number of aryl methyl sites for hydroxylation is 1. The molecular weight excluding hydrogens is 208 g/mol. The molecule has 0 aromatic carbocycles. The summed E-state index contributed by atoms with van der Waals surface area (Å²) in [5, 5.41) is -0.0640. The lowest BCUT2D eigenvalue weighted by Crippen LogP contribution is -2.24. The van der Waals surface area contributed by atoms with Gasteiger partial charge in [0.25, 0.3) is 5.56 Å². The lowest BCUT2D eigenvalue weighted by molar-refractivity contribution is -0.116. The second-order valence-corrected chi connectivity index (χ2v) is 3.28. The van der Waals surface area contributed by atoms with Crippen LogP contribution >= 0.6 is 11.6 Å². The van der Waals surface area contributed by atoms with E-state index in [1.165, 1.54) is 6.92 Å². The highest BCUT2D eigenvalue weighted by Crippen LogP contribution is 2.07. The highest BCUT2D eigenvalue weighted by atomic mass is 35.5. The summed E-state index contributed by atoms with van der Waals surface area (Å²) < 4.78 is 0. The summed E-state index contributed by atoms with van der Waals surface area (Å²) in [6.45, 7) is 1.43. The van der Waals surface area contributed by atoms with E-state index >= 15 is 0 Å². The van der Waals surface area contributed by atoms with Gasteiger partial charge in [-0.05, 0) is 13.3 Å². The molecule has 76 valence electrons. The number of aromatic amines is 2. The number of aromatic nitrogens is 2. The van der Waals surface area contributed by atoms with Crippen LogP contribution in [0, 0.1) is 0 Å². The maximum Gasteiger partial charge on any atom is 0.325 e. The molecule has 0 aliphatic heterocycles. The Morgan fingerprint density at radius 1 is 1.36 bits per heavy atom. The third kappa shape index (κ3) is 2.56. The minimum atomic E-state index is -0.631. The van der Waals surface area contributed by atoms with Crippen LogP contribution in [0.2, 0.25) is 5.02 Å². The molecule has 1 rings (SSSR count). The number of H-pyrrole nitrogens is 2. The number of carbonyl (C=O) groups is 1. The van der Waals surface area contributed by atoms with E-state index in [2.05, 4.69) is 4.98 Å². The second kappa shape index (κ2) is 4.23. The summed E-state index contributed by atoms with van der Waals surface area (Å²) in [4.78, 5) is 36.9. The number of halogens is 1. The minimum Gasteiger partial charge on any atom is -0.310 e. The van der Waals surface area contributed by atoms with Crippen LogP contribution in [0.3, 0.4) is 0 Å². The molecule has 14 heavy (non-hydrogen) atoms. The number of hydrogen-bond acceptors (Lipinski definition) is 3. The van der Waals surface area contributed by atoms with E-state index in [-0.39, 0.29) is 23.6 Å². The summed E-state index contributed by atoms with van der Waals surface area (Å²) in [5.41, 5.74) is -0.942. The zero-order valence-electron chi connectivity index (χ0n) is 7.52. The molecule has 0 fully saturated rings. The number of carbonyl (C=O) groups excluding carboxylic acids is 1. The van der Waals surface area contributed by atoms with Gasteiger partial charge in [0.15, 0.2) is 0 Å². The maximum atomic E-state index is 11.0. The minimum absolute atomic E-state index is 0.0257. The van der Waals surface area contributed by atoms with Crippen molar-refractivity contribution in [1.29, 1.82) is 0 Å². The van der Waals surface area contributed by atoms with Crippen LogP contribution in [0.15, 0.2) is 9.59 Å². The predicted octanol–water partition coefficient (Wildman–Crippen LogP) is 0.238. The Labute approximate surface area is 84.1 Å². The third-order valence-electron chi connectivity index (χ3n) is 1.68. The quantitative estimate of drug-likeness (QED) is 0.759. The van der Waals surface area contributed by atoms with Crippen molar-refractivity contribution in [2.24, 2.45) is 0 Å². The predicted molar refractivity (Wildman–Crippen MR) is 51.7 cm³/mol. The number of rotatable bonds is 3. The molecule has 0 aliphatic rings. The van der Waals surface area contributed by atoms with Crippen molar-refractivity contribution in [2.75, 3.05) is 0 Å². The van der Waals surface area contributed by atoms with Gasteiger partial charge in [-0.3, -0.25) is 9.78 Å². The van der Waals surface area contributed by atoms with Crippen LogP contribution in [0.5, 0.6) is 0 Å². The monoisotopic (exact) mass is 216 g/mol. The Balaban J connectivity index is 3.03. The van der Waals surface area contributed by atoms with Crippen molar-refractivity contribution in [3.05, 3.63) is 31.6 Å². The molecule has 0 saturated carbocycles. The average molecular weight is 217 g/mol. The molecule has 0 aliphatic carbocycles. The van der Waals surface area contributed by atoms with Crippen molar-refractivity contribution in [1.82, 2.24) is 9.97 Å². The van der Waals surface area contributed by atoms with Crippen LogP contribution in [-0.2, 0) is 11.2 Å². The largest absolute Gasteiger partial charge is 0.325 e. The van der Waals surface area contributed by atoms with Gasteiger partial charge in [0.1, 0.15) is 10.8 Å².